The van der Waals surface area contributed by atoms with Crippen molar-refractivity contribution >= 4 is 16.7 Å². The fourth-order valence-electron chi connectivity index (χ4n) is 4.50. The molecule has 0 saturated heterocycles. The van der Waals surface area contributed by atoms with Gasteiger partial charge >= 0.3 is 0 Å². The number of aryl methyl sites for hydroxylation is 1. The van der Waals surface area contributed by atoms with E-state index >= 15 is 0 Å². The van der Waals surface area contributed by atoms with Gasteiger partial charge in [0.25, 0.3) is 0 Å². The second-order valence-electron chi connectivity index (χ2n) is 8.46. The van der Waals surface area contributed by atoms with Crippen LogP contribution in [0.3, 0.4) is 0 Å². The average Bonchev–Trinajstić information content (AvgIpc) is 3.22. The number of nitrogens with two attached hydrogens (primary N) is 1. The number of hydrogen-bond acceptors (Lipinski definition) is 5. The third kappa shape index (κ3) is 3.82. The Kier molecular flexibility index (Phi) is 5.53. The van der Waals surface area contributed by atoms with Crippen LogP contribution in [0.2, 0.25) is 0 Å². The van der Waals surface area contributed by atoms with Gasteiger partial charge in [0.15, 0.2) is 0 Å². The lowest BCUT2D eigenvalue weighted by atomic mass is 9.96. The summed E-state index contributed by atoms with van der Waals surface area (Å²) in [7, 11) is 1.68. The molecule has 0 saturated carbocycles. The first-order valence-electron chi connectivity index (χ1n) is 11.3. The standard InChI is InChI=1S/C26H29N5O/c1-17(27)23-14-19-12-13-20(32-2)15-24(19)31(23)26-29-22-11-7-6-10-21(22)25(30-26)28-16-18-8-4-3-5-9-18/h3-5,8-9,12-15,17H,6-7,10-11,16,27H2,1-2H3,(H,28,29,30). The number of benzene rings is 2. The van der Waals surface area contributed by atoms with Crippen LogP contribution in [0.1, 0.15) is 48.3 Å². The van der Waals surface area contributed by atoms with Crippen LogP contribution < -0.4 is 15.8 Å². The molecule has 6 nitrogen and oxygen atoms in total. The van der Waals surface area contributed by atoms with Crippen molar-refractivity contribution in [3.8, 4) is 11.7 Å². The molecule has 6 heteroatoms. The zero-order valence-corrected chi connectivity index (χ0v) is 18.6. The van der Waals surface area contributed by atoms with Gasteiger partial charge in [-0.2, -0.15) is 4.98 Å². The van der Waals surface area contributed by atoms with Gasteiger partial charge in [-0.3, -0.25) is 4.57 Å². The molecule has 164 valence electrons. The monoisotopic (exact) mass is 427 g/mol. The molecule has 0 radical (unpaired) electrons. The Hall–Kier alpha value is -3.38. The maximum Gasteiger partial charge on any atom is 0.236 e. The highest BCUT2D eigenvalue weighted by molar-refractivity contribution is 5.84. The number of hydrogen-bond donors (Lipinski definition) is 2. The summed E-state index contributed by atoms with van der Waals surface area (Å²) in [6.45, 7) is 2.72. The number of aromatic nitrogens is 3. The summed E-state index contributed by atoms with van der Waals surface area (Å²) in [5, 5.41) is 4.69. The van der Waals surface area contributed by atoms with Crippen molar-refractivity contribution < 1.29 is 4.74 Å². The van der Waals surface area contributed by atoms with Crippen LogP contribution in [0.15, 0.2) is 54.6 Å². The summed E-state index contributed by atoms with van der Waals surface area (Å²) in [5.74, 6) is 2.39. The molecule has 0 aliphatic heterocycles. The van der Waals surface area contributed by atoms with Gasteiger partial charge in [-0.25, -0.2) is 4.98 Å². The van der Waals surface area contributed by atoms with Crippen LogP contribution in [0.5, 0.6) is 5.75 Å². The van der Waals surface area contributed by atoms with E-state index < -0.39 is 0 Å². The molecular formula is C26H29N5O. The van der Waals surface area contributed by atoms with E-state index in [0.717, 1.165) is 59.7 Å². The van der Waals surface area contributed by atoms with Crippen LogP contribution in [0.25, 0.3) is 16.9 Å². The smallest absolute Gasteiger partial charge is 0.236 e. The number of ether oxygens (including phenoxy) is 1. The second kappa shape index (κ2) is 8.63. The predicted molar refractivity (Wildman–Crippen MR) is 128 cm³/mol. The van der Waals surface area contributed by atoms with Crippen LogP contribution in [-0.4, -0.2) is 21.6 Å². The lowest BCUT2D eigenvalue weighted by Gasteiger charge is -2.21. The van der Waals surface area contributed by atoms with E-state index in [2.05, 4.69) is 46.3 Å². The lowest BCUT2D eigenvalue weighted by molar-refractivity contribution is 0.415. The minimum Gasteiger partial charge on any atom is -0.497 e. The summed E-state index contributed by atoms with van der Waals surface area (Å²) >= 11 is 0. The summed E-state index contributed by atoms with van der Waals surface area (Å²) < 4.78 is 7.58. The molecule has 2 aromatic carbocycles. The van der Waals surface area contributed by atoms with Crippen molar-refractivity contribution in [3.05, 3.63) is 77.1 Å². The first-order valence-corrected chi connectivity index (χ1v) is 11.3. The van der Waals surface area contributed by atoms with Crippen molar-refractivity contribution in [3.63, 3.8) is 0 Å². The largest absolute Gasteiger partial charge is 0.497 e. The molecule has 0 fully saturated rings. The van der Waals surface area contributed by atoms with E-state index in [1.165, 1.54) is 17.5 Å². The number of anilines is 1. The lowest BCUT2D eigenvalue weighted by Crippen LogP contribution is -2.18. The van der Waals surface area contributed by atoms with Gasteiger partial charge in [0.2, 0.25) is 5.95 Å². The number of rotatable bonds is 6. The third-order valence-corrected chi connectivity index (χ3v) is 6.18. The van der Waals surface area contributed by atoms with Crippen LogP contribution in [0.4, 0.5) is 5.82 Å². The summed E-state index contributed by atoms with van der Waals surface area (Å²) in [6, 6.07) is 18.4. The normalized spacial score (nSPS) is 14.2. The minimum absolute atomic E-state index is 0.159. The van der Waals surface area contributed by atoms with Gasteiger partial charge in [0.05, 0.1) is 18.3 Å². The van der Waals surface area contributed by atoms with E-state index in [4.69, 9.17) is 20.4 Å². The van der Waals surface area contributed by atoms with Gasteiger partial charge < -0.3 is 15.8 Å². The fourth-order valence-corrected chi connectivity index (χ4v) is 4.50. The first kappa shape index (κ1) is 20.5. The Morgan fingerprint density at radius 3 is 2.66 bits per heavy atom. The van der Waals surface area contributed by atoms with Crippen molar-refractivity contribution in [1.82, 2.24) is 14.5 Å². The van der Waals surface area contributed by atoms with Gasteiger partial charge in [-0.05, 0) is 56.4 Å². The maximum atomic E-state index is 6.37. The second-order valence-corrected chi connectivity index (χ2v) is 8.46. The Morgan fingerprint density at radius 1 is 1.06 bits per heavy atom. The van der Waals surface area contributed by atoms with Crippen molar-refractivity contribution in [2.24, 2.45) is 5.73 Å². The minimum atomic E-state index is -0.159. The van der Waals surface area contributed by atoms with E-state index in [1.54, 1.807) is 7.11 Å². The van der Waals surface area contributed by atoms with Crippen molar-refractivity contribution in [2.75, 3.05) is 12.4 Å². The summed E-state index contributed by atoms with van der Waals surface area (Å²) in [4.78, 5) is 10.1. The van der Waals surface area contributed by atoms with Crippen molar-refractivity contribution in [2.45, 2.75) is 45.2 Å². The highest BCUT2D eigenvalue weighted by Gasteiger charge is 2.22. The van der Waals surface area contributed by atoms with Crippen LogP contribution >= 0.6 is 0 Å². The zero-order chi connectivity index (χ0) is 22.1. The van der Waals surface area contributed by atoms with E-state index in [9.17, 15) is 0 Å². The molecule has 1 atom stereocenters. The molecule has 5 rings (SSSR count). The van der Waals surface area contributed by atoms with Gasteiger partial charge in [-0.1, -0.05) is 30.3 Å². The molecule has 3 N–H and O–H groups in total. The Bertz CT molecular complexity index is 1250. The Labute approximate surface area is 188 Å². The Morgan fingerprint density at radius 2 is 1.88 bits per heavy atom. The molecule has 2 heterocycles. The first-order chi connectivity index (χ1) is 15.6. The highest BCUT2D eigenvalue weighted by Crippen LogP contribution is 2.32. The van der Waals surface area contributed by atoms with Gasteiger partial charge in [0.1, 0.15) is 11.6 Å². The van der Waals surface area contributed by atoms with Crippen LogP contribution in [0, 0.1) is 0 Å². The summed E-state index contributed by atoms with van der Waals surface area (Å²) in [5.41, 5.74) is 12.0. The molecule has 1 aliphatic rings. The molecule has 4 aromatic rings. The fraction of sp³-hybridized carbons (Fsp3) is 0.308. The molecule has 0 spiro atoms. The number of nitrogens with one attached hydrogen (secondary N) is 1. The van der Waals surface area contributed by atoms with E-state index in [1.807, 2.05) is 25.1 Å². The average molecular weight is 428 g/mol. The zero-order valence-electron chi connectivity index (χ0n) is 18.6. The molecule has 1 unspecified atom stereocenters. The molecular weight excluding hydrogens is 398 g/mol. The quantitative estimate of drug-likeness (QED) is 0.456. The third-order valence-electron chi connectivity index (χ3n) is 6.18. The highest BCUT2D eigenvalue weighted by atomic mass is 16.5. The SMILES string of the molecule is COc1ccc2cc(C(C)N)n(-c3nc4c(c(NCc5ccccc5)n3)CCCC4)c2c1. The van der Waals surface area contributed by atoms with Gasteiger partial charge in [0, 0.05) is 35.3 Å². The Balaban J connectivity index is 1.65. The number of nitrogens with zero attached hydrogens (tertiary/aromatic N) is 3. The topological polar surface area (TPSA) is 78.0 Å². The maximum absolute atomic E-state index is 6.37. The molecule has 2 aromatic heterocycles. The molecule has 1 aliphatic carbocycles. The predicted octanol–water partition coefficient (Wildman–Crippen LogP) is 4.94. The number of methoxy groups -OCH3 is 1. The van der Waals surface area contributed by atoms with Gasteiger partial charge in [-0.15, -0.1) is 0 Å². The molecule has 0 amide bonds. The van der Waals surface area contributed by atoms with Crippen LogP contribution in [-0.2, 0) is 19.4 Å². The van der Waals surface area contributed by atoms with E-state index in [0.29, 0.717) is 5.95 Å². The summed E-state index contributed by atoms with van der Waals surface area (Å²) in [6.07, 6.45) is 4.31. The van der Waals surface area contributed by atoms with E-state index in [-0.39, 0.29) is 6.04 Å². The van der Waals surface area contributed by atoms with Crippen molar-refractivity contribution in [1.29, 1.82) is 0 Å². The molecule has 32 heavy (non-hydrogen) atoms. The number of fused-ring (bicyclic) bond motifs is 2. The molecule has 0 bridgehead atoms.